The Morgan fingerprint density at radius 2 is 1.75 bits per heavy atom. The van der Waals surface area contributed by atoms with E-state index in [0.717, 1.165) is 12.1 Å². The summed E-state index contributed by atoms with van der Waals surface area (Å²) in [6, 6.07) is 5.08. The maximum Gasteiger partial charge on any atom is 0.255 e. The minimum absolute atomic E-state index is 0.0316. The lowest BCUT2D eigenvalue weighted by Gasteiger charge is -2.06. The van der Waals surface area contributed by atoms with E-state index in [1.807, 2.05) is 0 Å². The smallest absolute Gasteiger partial charge is 0.255 e. The van der Waals surface area contributed by atoms with Crippen LogP contribution in [0.25, 0.3) is 5.69 Å². The fourth-order valence-electron chi connectivity index (χ4n) is 1.38. The first-order chi connectivity index (χ1) is 7.59. The van der Waals surface area contributed by atoms with Crippen LogP contribution in [-0.4, -0.2) is 9.81 Å². The highest BCUT2D eigenvalue weighted by Crippen LogP contribution is 2.20. The zero-order valence-electron chi connectivity index (χ0n) is 7.95. The zero-order chi connectivity index (χ0) is 11.7. The van der Waals surface area contributed by atoms with Gasteiger partial charge in [-0.05, 0) is 29.8 Å². The Kier molecular flexibility index (Phi) is 2.75. The molecule has 2 nitrogen and oxygen atoms in total. The van der Waals surface area contributed by atoms with E-state index in [-0.39, 0.29) is 5.69 Å². The quantitative estimate of drug-likeness (QED) is 0.741. The number of hydrogen-bond donors (Lipinski definition) is 0. The molecule has 0 saturated carbocycles. The third kappa shape index (κ3) is 1.84. The molecule has 16 heavy (non-hydrogen) atoms. The lowest BCUT2D eigenvalue weighted by molar-refractivity contribution is 0.107. The zero-order valence-corrected chi connectivity index (χ0v) is 8.71. The van der Waals surface area contributed by atoms with Crippen molar-refractivity contribution in [1.29, 1.82) is 0 Å². The van der Waals surface area contributed by atoms with Crippen LogP contribution in [0.3, 0.4) is 0 Å². The topological polar surface area (TPSA) is 22.0 Å². The number of nitrogens with zero attached hydrogens (tertiary/aromatic N) is 1. The Hall–Kier alpha value is -1.68. The first kappa shape index (κ1) is 10.8. The van der Waals surface area contributed by atoms with Crippen molar-refractivity contribution in [2.24, 2.45) is 0 Å². The van der Waals surface area contributed by atoms with Crippen LogP contribution in [0, 0.1) is 11.6 Å². The average Bonchev–Trinajstić information content (AvgIpc) is 2.73. The van der Waals surface area contributed by atoms with Gasteiger partial charge in [-0.1, -0.05) is 0 Å². The van der Waals surface area contributed by atoms with Gasteiger partial charge in [0.15, 0.2) is 0 Å². The van der Waals surface area contributed by atoms with E-state index in [9.17, 15) is 13.6 Å². The molecule has 0 bridgehead atoms. The predicted octanol–water partition coefficient (Wildman–Crippen LogP) is 3.13. The summed E-state index contributed by atoms with van der Waals surface area (Å²) in [6.07, 6.45) is 3.14. The molecule has 0 N–H and O–H groups in total. The van der Waals surface area contributed by atoms with Gasteiger partial charge in [-0.25, -0.2) is 8.78 Å². The molecule has 82 valence electrons. The van der Waals surface area contributed by atoms with Crippen molar-refractivity contribution in [1.82, 2.24) is 4.57 Å². The Bertz CT molecular complexity index is 537. The van der Waals surface area contributed by atoms with E-state index in [1.165, 1.54) is 4.57 Å². The molecule has 0 saturated heterocycles. The molecule has 0 aliphatic rings. The van der Waals surface area contributed by atoms with E-state index >= 15 is 0 Å². The van der Waals surface area contributed by atoms with Crippen LogP contribution in [0.1, 0.15) is 10.4 Å². The van der Waals surface area contributed by atoms with Crippen molar-refractivity contribution in [2.75, 3.05) is 0 Å². The number of aromatic nitrogens is 1. The van der Waals surface area contributed by atoms with Crippen molar-refractivity contribution in [3.63, 3.8) is 0 Å². The molecule has 2 rings (SSSR count). The molecule has 0 aliphatic carbocycles. The lowest BCUT2D eigenvalue weighted by atomic mass is 10.2. The largest absolute Gasteiger partial charge is 0.321 e. The molecule has 0 spiro atoms. The molecule has 0 fully saturated rings. The highest BCUT2D eigenvalue weighted by atomic mass is 35.5. The van der Waals surface area contributed by atoms with Crippen LogP contribution in [0.15, 0.2) is 36.7 Å². The second-order valence-corrected chi connectivity index (χ2v) is 3.49. The van der Waals surface area contributed by atoms with Gasteiger partial charge in [0.25, 0.3) is 5.24 Å². The first-order valence-electron chi connectivity index (χ1n) is 4.42. The Labute approximate surface area is 95.1 Å². The fraction of sp³-hybridized carbons (Fsp3) is 0. The van der Waals surface area contributed by atoms with Gasteiger partial charge in [0.05, 0.1) is 11.3 Å². The maximum atomic E-state index is 13.6. The normalized spacial score (nSPS) is 10.4. The highest BCUT2D eigenvalue weighted by molar-refractivity contribution is 6.67. The molecule has 0 unspecified atom stereocenters. The first-order valence-corrected chi connectivity index (χ1v) is 4.79. The van der Waals surface area contributed by atoms with Gasteiger partial charge in [-0.15, -0.1) is 0 Å². The van der Waals surface area contributed by atoms with Gasteiger partial charge in [-0.2, -0.15) is 0 Å². The number of halogens is 3. The molecule has 1 aromatic carbocycles. The number of carbonyl (C=O) groups is 1. The molecule has 1 aromatic heterocycles. The van der Waals surface area contributed by atoms with Crippen molar-refractivity contribution in [3.8, 4) is 5.69 Å². The van der Waals surface area contributed by atoms with Crippen LogP contribution in [-0.2, 0) is 0 Å². The predicted molar refractivity (Wildman–Crippen MR) is 55.9 cm³/mol. The summed E-state index contributed by atoms with van der Waals surface area (Å²) < 4.78 is 28.3. The average molecular weight is 242 g/mol. The summed E-state index contributed by atoms with van der Waals surface area (Å²) in [5.41, 5.74) is -0.431. The standard InChI is InChI=1S/C11H6ClF2NO/c12-11(16)7-5-9(14)10(6-8(7)13)15-3-1-2-4-15/h1-6H. The van der Waals surface area contributed by atoms with Crippen molar-refractivity contribution < 1.29 is 13.6 Å². The van der Waals surface area contributed by atoms with Gasteiger partial charge >= 0.3 is 0 Å². The second-order valence-electron chi connectivity index (χ2n) is 3.15. The molecule has 5 heteroatoms. The van der Waals surface area contributed by atoms with Gasteiger partial charge < -0.3 is 4.57 Å². The molecule has 0 radical (unpaired) electrons. The van der Waals surface area contributed by atoms with Gasteiger partial charge in [0, 0.05) is 18.5 Å². The van der Waals surface area contributed by atoms with Gasteiger partial charge in [0.1, 0.15) is 11.6 Å². The number of rotatable bonds is 2. The van der Waals surface area contributed by atoms with Gasteiger partial charge in [-0.3, -0.25) is 4.79 Å². The van der Waals surface area contributed by atoms with Crippen LogP contribution in [0.4, 0.5) is 8.78 Å². The van der Waals surface area contributed by atoms with Crippen molar-refractivity contribution in [2.45, 2.75) is 0 Å². The summed E-state index contributed by atoms with van der Waals surface area (Å²) in [5, 5.41) is -1.02. The van der Waals surface area contributed by atoms with Crippen LogP contribution in [0.2, 0.25) is 0 Å². The second kappa shape index (κ2) is 4.06. The van der Waals surface area contributed by atoms with Gasteiger partial charge in [0.2, 0.25) is 0 Å². The Morgan fingerprint density at radius 3 is 2.31 bits per heavy atom. The molecular weight excluding hydrogens is 236 g/mol. The number of carbonyl (C=O) groups excluding carboxylic acids is 1. The maximum absolute atomic E-state index is 13.6. The summed E-state index contributed by atoms with van der Waals surface area (Å²) >= 11 is 5.11. The molecule has 0 aliphatic heterocycles. The molecule has 0 atom stereocenters. The van der Waals surface area contributed by atoms with E-state index in [2.05, 4.69) is 0 Å². The number of hydrogen-bond acceptors (Lipinski definition) is 1. The summed E-state index contributed by atoms with van der Waals surface area (Å²) in [6.45, 7) is 0. The molecule has 0 amide bonds. The number of benzene rings is 1. The summed E-state index contributed by atoms with van der Waals surface area (Å²) in [4.78, 5) is 10.8. The minimum Gasteiger partial charge on any atom is -0.321 e. The monoisotopic (exact) mass is 241 g/mol. The third-order valence-electron chi connectivity index (χ3n) is 2.13. The van der Waals surface area contributed by atoms with Crippen molar-refractivity contribution >= 4 is 16.8 Å². The van der Waals surface area contributed by atoms with E-state index in [4.69, 9.17) is 11.6 Å². The summed E-state index contributed by atoms with van der Waals surface area (Å²) in [5.74, 6) is -1.55. The van der Waals surface area contributed by atoms with E-state index < -0.39 is 22.4 Å². The Balaban J connectivity index is 2.59. The molecule has 2 aromatic rings. The minimum atomic E-state index is -1.02. The highest BCUT2D eigenvalue weighted by Gasteiger charge is 2.14. The van der Waals surface area contributed by atoms with Crippen molar-refractivity contribution in [3.05, 3.63) is 53.9 Å². The fourth-order valence-corrected chi connectivity index (χ4v) is 1.52. The van der Waals surface area contributed by atoms with E-state index in [1.54, 1.807) is 24.5 Å². The molecular formula is C11H6ClF2NO. The summed E-state index contributed by atoms with van der Waals surface area (Å²) in [7, 11) is 0. The molecule has 1 heterocycles. The third-order valence-corrected chi connectivity index (χ3v) is 2.33. The van der Waals surface area contributed by atoms with E-state index in [0.29, 0.717) is 0 Å². The van der Waals surface area contributed by atoms with Crippen LogP contribution in [0.5, 0.6) is 0 Å². The Morgan fingerprint density at radius 1 is 1.12 bits per heavy atom. The lowest BCUT2D eigenvalue weighted by Crippen LogP contribution is -2.01. The SMILES string of the molecule is O=C(Cl)c1cc(F)c(-n2cccc2)cc1F. The van der Waals surface area contributed by atoms with Crippen LogP contribution >= 0.6 is 11.6 Å². The van der Waals surface area contributed by atoms with Crippen LogP contribution < -0.4 is 0 Å².